The number of hydrogen-bond donors (Lipinski definition) is 0. The molecular weight excluding hydrogens is 491 g/mol. The number of carbonyl (C=O) groups excluding carboxylic acids is 2. The lowest BCUT2D eigenvalue weighted by Crippen LogP contribution is -2.35. The van der Waals surface area contributed by atoms with E-state index in [2.05, 4.69) is 36.4 Å². The molecule has 6 heteroatoms. The Balaban J connectivity index is 2.02. The van der Waals surface area contributed by atoms with Crippen LogP contribution in [0.5, 0.6) is 5.75 Å². The Kier molecular flexibility index (Phi) is 7.53. The molecule has 158 valence electrons. The molecule has 0 aliphatic rings. The molecule has 0 bridgehead atoms. The maximum absolute atomic E-state index is 13.2. The number of aromatic nitrogens is 1. The zero-order valence-electron chi connectivity index (χ0n) is 17.7. The Morgan fingerprint density at radius 3 is 2.30 bits per heavy atom. The molecule has 0 fully saturated rings. The first-order chi connectivity index (χ1) is 14.5. The van der Waals surface area contributed by atoms with E-state index in [1.54, 1.807) is 13.3 Å². The first-order valence-corrected chi connectivity index (χ1v) is 11.3. The van der Waals surface area contributed by atoms with Crippen molar-refractivity contribution in [2.45, 2.75) is 33.2 Å². The van der Waals surface area contributed by atoms with E-state index in [0.29, 0.717) is 16.9 Å². The van der Waals surface area contributed by atoms with Crippen molar-refractivity contribution < 1.29 is 14.3 Å². The van der Waals surface area contributed by atoms with Gasteiger partial charge in [0.05, 0.1) is 12.6 Å². The van der Waals surface area contributed by atoms with Crippen LogP contribution in [-0.2, 0) is 11.3 Å². The zero-order valence-corrected chi connectivity index (χ0v) is 19.8. The third-order valence-electron chi connectivity index (χ3n) is 5.09. The van der Waals surface area contributed by atoms with Crippen LogP contribution in [-0.4, -0.2) is 41.4 Å². The second kappa shape index (κ2) is 10.1. The number of halogens is 1. The minimum atomic E-state index is -0.0493. The Labute approximate surface area is 191 Å². The molecule has 0 saturated carbocycles. The van der Waals surface area contributed by atoms with Crippen LogP contribution in [0.3, 0.4) is 0 Å². The smallest absolute Gasteiger partial charge is 0.242 e. The first-order valence-electron chi connectivity index (χ1n) is 10.2. The van der Waals surface area contributed by atoms with Gasteiger partial charge in [-0.2, -0.15) is 0 Å². The molecule has 0 N–H and O–H groups in total. The van der Waals surface area contributed by atoms with Crippen molar-refractivity contribution in [1.82, 2.24) is 9.47 Å². The number of benzene rings is 2. The summed E-state index contributed by atoms with van der Waals surface area (Å²) in [6, 6.07) is 13.2. The molecule has 0 saturated heterocycles. The van der Waals surface area contributed by atoms with Gasteiger partial charge in [-0.05, 0) is 71.8 Å². The minimum Gasteiger partial charge on any atom is -0.497 e. The number of nitrogens with zero attached hydrogens (tertiary/aromatic N) is 2. The quantitative estimate of drug-likeness (QED) is 0.292. The van der Waals surface area contributed by atoms with Crippen molar-refractivity contribution >= 4 is 45.2 Å². The Bertz CT molecular complexity index is 1030. The summed E-state index contributed by atoms with van der Waals surface area (Å²) in [5.74, 6) is 0.708. The molecule has 3 rings (SSSR count). The fraction of sp³-hybridized carbons (Fsp3) is 0.333. The topological polar surface area (TPSA) is 51.5 Å². The number of rotatable bonds is 9. The van der Waals surface area contributed by atoms with Gasteiger partial charge in [0.15, 0.2) is 5.78 Å². The summed E-state index contributed by atoms with van der Waals surface area (Å²) in [5, 5.41) is 0.824. The zero-order chi connectivity index (χ0) is 21.7. The number of ether oxygens (including phenoxy) is 1. The molecule has 0 aliphatic carbocycles. The van der Waals surface area contributed by atoms with Gasteiger partial charge in [0.2, 0.25) is 5.91 Å². The van der Waals surface area contributed by atoms with Gasteiger partial charge >= 0.3 is 0 Å². The van der Waals surface area contributed by atoms with Gasteiger partial charge in [-0.1, -0.05) is 13.8 Å². The Morgan fingerprint density at radius 1 is 1.03 bits per heavy atom. The highest BCUT2D eigenvalue weighted by molar-refractivity contribution is 14.1. The average Bonchev–Trinajstić information content (AvgIpc) is 3.11. The molecular formula is C24H27IN2O3. The molecule has 2 aromatic carbocycles. The van der Waals surface area contributed by atoms with Crippen LogP contribution in [0.15, 0.2) is 48.7 Å². The fourth-order valence-corrected chi connectivity index (χ4v) is 3.97. The van der Waals surface area contributed by atoms with Crippen molar-refractivity contribution in [2.24, 2.45) is 0 Å². The second-order valence-electron chi connectivity index (χ2n) is 7.27. The van der Waals surface area contributed by atoms with Crippen molar-refractivity contribution in [3.05, 3.63) is 63.4 Å². The van der Waals surface area contributed by atoms with Crippen LogP contribution in [0, 0.1) is 3.57 Å². The van der Waals surface area contributed by atoms with Crippen LogP contribution in [0.1, 0.15) is 42.6 Å². The van der Waals surface area contributed by atoms with Gasteiger partial charge in [0.1, 0.15) is 12.3 Å². The van der Waals surface area contributed by atoms with Crippen LogP contribution >= 0.6 is 22.6 Å². The lowest BCUT2D eigenvalue weighted by atomic mass is 10.0. The van der Waals surface area contributed by atoms with Crippen LogP contribution in [0.2, 0.25) is 0 Å². The van der Waals surface area contributed by atoms with Crippen molar-refractivity contribution in [1.29, 1.82) is 0 Å². The van der Waals surface area contributed by atoms with E-state index in [1.807, 2.05) is 51.9 Å². The molecule has 0 aliphatic heterocycles. The lowest BCUT2D eigenvalue weighted by Gasteiger charge is -2.22. The lowest BCUT2D eigenvalue weighted by molar-refractivity contribution is -0.131. The number of methoxy groups -OCH3 is 1. The summed E-state index contributed by atoms with van der Waals surface area (Å²) in [5.41, 5.74) is 2.05. The highest BCUT2D eigenvalue weighted by atomic mass is 127. The molecule has 1 heterocycles. The van der Waals surface area contributed by atoms with E-state index < -0.39 is 0 Å². The second-order valence-corrected chi connectivity index (χ2v) is 8.52. The maximum atomic E-state index is 13.2. The third kappa shape index (κ3) is 4.86. The van der Waals surface area contributed by atoms with Crippen LogP contribution in [0.4, 0.5) is 0 Å². The predicted molar refractivity (Wildman–Crippen MR) is 128 cm³/mol. The van der Waals surface area contributed by atoms with E-state index in [-0.39, 0.29) is 18.2 Å². The highest BCUT2D eigenvalue weighted by Crippen LogP contribution is 2.28. The van der Waals surface area contributed by atoms with Crippen LogP contribution < -0.4 is 4.74 Å². The minimum absolute atomic E-state index is 0.0493. The monoisotopic (exact) mass is 518 g/mol. The number of hydrogen-bond acceptors (Lipinski definition) is 3. The summed E-state index contributed by atoms with van der Waals surface area (Å²) in [6.07, 6.45) is 3.64. The first kappa shape index (κ1) is 22.3. The van der Waals surface area contributed by atoms with E-state index in [0.717, 1.165) is 40.4 Å². The molecule has 0 atom stereocenters. The molecule has 30 heavy (non-hydrogen) atoms. The predicted octanol–water partition coefficient (Wildman–Crippen LogP) is 5.13. The van der Waals surface area contributed by atoms with E-state index in [1.165, 1.54) is 0 Å². The summed E-state index contributed by atoms with van der Waals surface area (Å²) in [6.45, 7) is 5.82. The fourth-order valence-electron chi connectivity index (χ4n) is 3.61. The number of ketones is 1. The maximum Gasteiger partial charge on any atom is 0.242 e. The van der Waals surface area contributed by atoms with E-state index >= 15 is 0 Å². The summed E-state index contributed by atoms with van der Waals surface area (Å²) in [4.78, 5) is 28.1. The van der Waals surface area contributed by atoms with Gasteiger partial charge in [-0.3, -0.25) is 9.59 Å². The molecule has 5 nitrogen and oxygen atoms in total. The van der Waals surface area contributed by atoms with Gasteiger partial charge < -0.3 is 14.2 Å². The van der Waals surface area contributed by atoms with Crippen molar-refractivity contribution in [3.8, 4) is 5.75 Å². The largest absolute Gasteiger partial charge is 0.497 e. The molecule has 1 amide bonds. The van der Waals surface area contributed by atoms with Crippen LogP contribution in [0.25, 0.3) is 10.9 Å². The van der Waals surface area contributed by atoms with Gasteiger partial charge in [-0.15, -0.1) is 0 Å². The van der Waals surface area contributed by atoms with Gasteiger partial charge in [0, 0.05) is 45.4 Å². The standard InChI is InChI=1S/C24H27IN2O3/c1-4-12-26(13-5-2)23(28)16-27-15-21(20-11-10-19(30-3)14-22(20)27)24(29)17-6-8-18(25)9-7-17/h6-11,14-15H,4-5,12-13,16H2,1-3H3. The van der Waals surface area contributed by atoms with E-state index in [9.17, 15) is 9.59 Å². The summed E-state index contributed by atoms with van der Waals surface area (Å²) < 4.78 is 8.33. The van der Waals surface area contributed by atoms with E-state index in [4.69, 9.17) is 4.74 Å². The Hall–Kier alpha value is -2.35. The number of amides is 1. The molecule has 1 aromatic heterocycles. The molecule has 0 unspecified atom stereocenters. The molecule has 0 spiro atoms. The number of fused-ring (bicyclic) bond motifs is 1. The van der Waals surface area contributed by atoms with Gasteiger partial charge in [0.25, 0.3) is 0 Å². The number of carbonyl (C=O) groups is 2. The summed E-state index contributed by atoms with van der Waals surface area (Å²) in [7, 11) is 1.61. The normalized spacial score (nSPS) is 10.9. The third-order valence-corrected chi connectivity index (χ3v) is 5.80. The average molecular weight is 518 g/mol. The Morgan fingerprint density at radius 2 is 1.70 bits per heavy atom. The molecule has 3 aromatic rings. The van der Waals surface area contributed by atoms with Gasteiger partial charge in [-0.25, -0.2) is 0 Å². The molecule has 0 radical (unpaired) electrons. The summed E-state index contributed by atoms with van der Waals surface area (Å²) >= 11 is 2.22. The van der Waals surface area contributed by atoms with Crippen molar-refractivity contribution in [3.63, 3.8) is 0 Å². The SMILES string of the molecule is CCCN(CCC)C(=O)Cn1cc(C(=O)c2ccc(I)cc2)c2ccc(OC)cc21. The highest BCUT2D eigenvalue weighted by Gasteiger charge is 2.20. The van der Waals surface area contributed by atoms with Crippen molar-refractivity contribution in [2.75, 3.05) is 20.2 Å².